The maximum Gasteiger partial charge on any atom is 0.255 e. The molecule has 2 fully saturated rings. The summed E-state index contributed by atoms with van der Waals surface area (Å²) in [6.45, 7) is 5.14. The Morgan fingerprint density at radius 1 is 0.929 bits per heavy atom. The van der Waals surface area contributed by atoms with Crippen molar-refractivity contribution in [3.63, 3.8) is 0 Å². The van der Waals surface area contributed by atoms with Crippen LogP contribution in [0.1, 0.15) is 47.5 Å². The van der Waals surface area contributed by atoms with E-state index in [9.17, 15) is 4.79 Å². The number of amides is 1. The highest BCUT2D eigenvalue weighted by Crippen LogP contribution is 2.29. The van der Waals surface area contributed by atoms with Gasteiger partial charge in [0, 0.05) is 19.6 Å². The molecular weight excluding hydrogens is 368 g/mol. The topological polar surface area (TPSA) is 23.6 Å². The summed E-state index contributed by atoms with van der Waals surface area (Å²) in [5.74, 6) is 1.33. The Balaban J connectivity index is 1.30. The monoisotopic (exact) mass is 396 g/mol. The molecular formula is C24H29ClN2O. The highest BCUT2D eigenvalue weighted by Gasteiger charge is 2.29. The highest BCUT2D eigenvalue weighted by atomic mass is 35.5. The van der Waals surface area contributed by atoms with Gasteiger partial charge in [0.05, 0.1) is 10.6 Å². The molecule has 148 valence electrons. The number of halogens is 1. The van der Waals surface area contributed by atoms with Crippen LogP contribution in [0.5, 0.6) is 0 Å². The van der Waals surface area contributed by atoms with E-state index in [1.165, 1.54) is 31.4 Å². The molecule has 0 saturated carbocycles. The van der Waals surface area contributed by atoms with E-state index in [1.54, 1.807) is 6.07 Å². The zero-order valence-electron chi connectivity index (χ0n) is 16.4. The number of likely N-dealkylation sites (tertiary alicyclic amines) is 2. The summed E-state index contributed by atoms with van der Waals surface area (Å²) < 4.78 is 0. The summed E-state index contributed by atoms with van der Waals surface area (Å²) in [6.07, 6.45) is 4.87. The minimum absolute atomic E-state index is 0.0770. The molecule has 0 bridgehead atoms. The second-order valence-corrected chi connectivity index (χ2v) is 8.63. The van der Waals surface area contributed by atoms with Crippen molar-refractivity contribution >= 4 is 17.5 Å². The highest BCUT2D eigenvalue weighted by molar-refractivity contribution is 6.33. The molecule has 3 nitrogen and oxygen atoms in total. The Morgan fingerprint density at radius 3 is 2.54 bits per heavy atom. The van der Waals surface area contributed by atoms with Crippen molar-refractivity contribution < 1.29 is 4.79 Å². The van der Waals surface area contributed by atoms with Crippen LogP contribution in [0.4, 0.5) is 0 Å². The predicted molar refractivity (Wildman–Crippen MR) is 115 cm³/mol. The zero-order chi connectivity index (χ0) is 19.3. The minimum Gasteiger partial charge on any atom is -0.338 e. The van der Waals surface area contributed by atoms with E-state index in [0.29, 0.717) is 22.4 Å². The Bertz CT molecular complexity index is 794. The fourth-order valence-corrected chi connectivity index (χ4v) is 4.95. The average Bonchev–Trinajstić information content (AvgIpc) is 3.06. The molecule has 2 aliphatic rings. The molecule has 4 rings (SSSR count). The van der Waals surface area contributed by atoms with Crippen molar-refractivity contribution in [3.8, 4) is 0 Å². The molecule has 0 aliphatic carbocycles. The van der Waals surface area contributed by atoms with Gasteiger partial charge in [-0.25, -0.2) is 0 Å². The first-order chi connectivity index (χ1) is 13.7. The number of hydrogen-bond acceptors (Lipinski definition) is 2. The average molecular weight is 397 g/mol. The second kappa shape index (κ2) is 9.11. The predicted octanol–water partition coefficient (Wildman–Crippen LogP) is 5.07. The van der Waals surface area contributed by atoms with E-state index in [2.05, 4.69) is 35.2 Å². The lowest BCUT2D eigenvalue weighted by molar-refractivity contribution is 0.0783. The Labute approximate surface area is 173 Å². The van der Waals surface area contributed by atoms with Gasteiger partial charge in [-0.3, -0.25) is 4.79 Å². The van der Waals surface area contributed by atoms with Gasteiger partial charge in [0.1, 0.15) is 0 Å². The fraction of sp³-hybridized carbons (Fsp3) is 0.458. The van der Waals surface area contributed by atoms with Crippen LogP contribution in [0.3, 0.4) is 0 Å². The Morgan fingerprint density at radius 2 is 1.71 bits per heavy atom. The van der Waals surface area contributed by atoms with Crippen molar-refractivity contribution in [3.05, 3.63) is 70.7 Å². The quantitative estimate of drug-likeness (QED) is 0.720. The van der Waals surface area contributed by atoms with E-state index in [1.807, 2.05) is 23.1 Å². The second-order valence-electron chi connectivity index (χ2n) is 8.22. The first-order valence-corrected chi connectivity index (χ1v) is 10.9. The Kier molecular flexibility index (Phi) is 6.33. The van der Waals surface area contributed by atoms with Crippen LogP contribution < -0.4 is 0 Å². The van der Waals surface area contributed by atoms with Crippen LogP contribution in [0.15, 0.2) is 54.6 Å². The van der Waals surface area contributed by atoms with Crippen LogP contribution in [0.25, 0.3) is 0 Å². The van der Waals surface area contributed by atoms with Gasteiger partial charge >= 0.3 is 0 Å². The summed E-state index contributed by atoms with van der Waals surface area (Å²) in [6, 6.07) is 18.3. The number of carbonyl (C=O) groups excluding carboxylic acids is 1. The smallest absolute Gasteiger partial charge is 0.255 e. The number of benzene rings is 2. The van der Waals surface area contributed by atoms with Crippen LogP contribution >= 0.6 is 11.6 Å². The van der Waals surface area contributed by atoms with Crippen LogP contribution in [0, 0.1) is 5.92 Å². The first-order valence-electron chi connectivity index (χ1n) is 10.5. The number of carbonyl (C=O) groups is 1. The molecule has 2 heterocycles. The standard InChI is InChI=1S/C24H29ClN2O/c25-23-11-5-4-10-22(23)24(28)27-16-12-19(18-27)17-26-14-6-9-21(13-15-26)20-7-2-1-3-8-20/h1-5,7-8,10-11,19,21H,6,9,12-18H2/t19-,21?/m0/s1. The molecule has 2 aliphatic heterocycles. The molecule has 0 N–H and O–H groups in total. The van der Waals surface area contributed by atoms with Crippen molar-refractivity contribution in [2.24, 2.45) is 5.92 Å². The summed E-state index contributed by atoms with van der Waals surface area (Å²) in [5.41, 5.74) is 2.12. The van der Waals surface area contributed by atoms with Gasteiger partial charge < -0.3 is 9.80 Å². The maximum absolute atomic E-state index is 12.8. The van der Waals surface area contributed by atoms with Crippen molar-refractivity contribution in [1.29, 1.82) is 0 Å². The Hall–Kier alpha value is -1.84. The minimum atomic E-state index is 0.0770. The molecule has 0 aromatic heterocycles. The third kappa shape index (κ3) is 4.59. The SMILES string of the molecule is O=C(c1ccccc1Cl)N1CC[C@@H](CN2CCCC(c3ccccc3)CC2)C1. The molecule has 0 spiro atoms. The summed E-state index contributed by atoms with van der Waals surface area (Å²) in [7, 11) is 0. The number of hydrogen-bond donors (Lipinski definition) is 0. The lowest BCUT2D eigenvalue weighted by Gasteiger charge is -2.24. The van der Waals surface area contributed by atoms with E-state index >= 15 is 0 Å². The summed E-state index contributed by atoms with van der Waals surface area (Å²) in [4.78, 5) is 17.4. The van der Waals surface area contributed by atoms with Crippen molar-refractivity contribution in [2.75, 3.05) is 32.7 Å². The third-order valence-corrected chi connectivity index (χ3v) is 6.62. The van der Waals surface area contributed by atoms with Crippen molar-refractivity contribution in [1.82, 2.24) is 9.80 Å². The number of nitrogens with zero attached hydrogens (tertiary/aromatic N) is 2. The fourth-order valence-electron chi connectivity index (χ4n) is 4.73. The normalized spacial score (nSPS) is 23.5. The zero-order valence-corrected chi connectivity index (χ0v) is 17.2. The first kappa shape index (κ1) is 19.5. The molecule has 1 amide bonds. The van der Waals surface area contributed by atoms with Crippen molar-refractivity contribution in [2.45, 2.75) is 31.6 Å². The summed E-state index contributed by atoms with van der Waals surface area (Å²) in [5, 5.41) is 0.551. The molecule has 2 aromatic rings. The van der Waals surface area contributed by atoms with E-state index in [4.69, 9.17) is 11.6 Å². The van der Waals surface area contributed by atoms with Crippen LogP contribution in [-0.2, 0) is 0 Å². The molecule has 2 atom stereocenters. The maximum atomic E-state index is 12.8. The van der Waals surface area contributed by atoms with Gasteiger partial charge in [-0.2, -0.15) is 0 Å². The molecule has 4 heteroatoms. The van der Waals surface area contributed by atoms with Gasteiger partial charge in [-0.15, -0.1) is 0 Å². The van der Waals surface area contributed by atoms with Gasteiger partial charge in [0.2, 0.25) is 0 Å². The molecule has 28 heavy (non-hydrogen) atoms. The number of rotatable bonds is 4. The third-order valence-electron chi connectivity index (χ3n) is 6.29. The lowest BCUT2D eigenvalue weighted by Crippen LogP contribution is -2.34. The molecule has 2 saturated heterocycles. The van der Waals surface area contributed by atoms with E-state index < -0.39 is 0 Å². The van der Waals surface area contributed by atoms with E-state index in [0.717, 1.165) is 32.6 Å². The van der Waals surface area contributed by atoms with Gasteiger partial charge in [-0.1, -0.05) is 54.1 Å². The van der Waals surface area contributed by atoms with E-state index in [-0.39, 0.29) is 5.91 Å². The molecule has 1 unspecified atom stereocenters. The van der Waals surface area contributed by atoms with Crippen LogP contribution in [0.2, 0.25) is 5.02 Å². The van der Waals surface area contributed by atoms with Gasteiger partial charge in [0.25, 0.3) is 5.91 Å². The lowest BCUT2D eigenvalue weighted by atomic mass is 9.92. The summed E-state index contributed by atoms with van der Waals surface area (Å²) >= 11 is 6.22. The van der Waals surface area contributed by atoms with Gasteiger partial charge in [-0.05, 0) is 68.3 Å². The van der Waals surface area contributed by atoms with Crippen LogP contribution in [-0.4, -0.2) is 48.4 Å². The molecule has 0 radical (unpaired) electrons. The molecule has 2 aromatic carbocycles. The van der Waals surface area contributed by atoms with Gasteiger partial charge in [0.15, 0.2) is 0 Å². The largest absolute Gasteiger partial charge is 0.338 e.